The summed E-state index contributed by atoms with van der Waals surface area (Å²) in [7, 11) is 1.53. The maximum atomic E-state index is 13.1. The van der Waals surface area contributed by atoms with Crippen molar-refractivity contribution in [1.29, 1.82) is 0 Å². The first-order valence-corrected chi connectivity index (χ1v) is 9.52. The average molecular weight is 386 g/mol. The molecule has 150 valence electrons. The van der Waals surface area contributed by atoms with E-state index in [9.17, 15) is 9.59 Å². The maximum Gasteiger partial charge on any atom is 0.258 e. The Morgan fingerprint density at radius 3 is 2.71 bits per heavy atom. The Morgan fingerprint density at radius 2 is 2.00 bits per heavy atom. The molecular weight excluding hydrogens is 360 g/mol. The number of para-hydroxylation sites is 1. The molecule has 8 heteroatoms. The molecule has 0 unspecified atom stereocenters. The molecule has 1 aromatic carbocycles. The van der Waals surface area contributed by atoms with Gasteiger partial charge in [0.2, 0.25) is 5.91 Å². The minimum absolute atomic E-state index is 0.0718. The molecule has 2 aromatic rings. The van der Waals surface area contributed by atoms with E-state index in [4.69, 9.17) is 9.26 Å². The first-order chi connectivity index (χ1) is 13.7. The molecule has 0 atom stereocenters. The lowest BCUT2D eigenvalue weighted by atomic mass is 10.1. The summed E-state index contributed by atoms with van der Waals surface area (Å²) in [6.45, 7) is 3.18. The number of carbonyl (C=O) groups is 2. The van der Waals surface area contributed by atoms with E-state index in [2.05, 4.69) is 15.4 Å². The summed E-state index contributed by atoms with van der Waals surface area (Å²) in [6.07, 6.45) is 4.98. The highest BCUT2D eigenvalue weighted by Gasteiger charge is 2.23. The van der Waals surface area contributed by atoms with Crippen LogP contribution < -0.4 is 10.1 Å². The van der Waals surface area contributed by atoms with Crippen molar-refractivity contribution in [3.8, 4) is 5.75 Å². The van der Waals surface area contributed by atoms with E-state index in [1.165, 1.54) is 32.6 Å². The number of rotatable bonds is 8. The smallest absolute Gasteiger partial charge is 0.258 e. The Kier molecular flexibility index (Phi) is 7.02. The molecule has 2 heterocycles. The Balaban J connectivity index is 1.70. The highest BCUT2D eigenvalue weighted by atomic mass is 16.5. The maximum absolute atomic E-state index is 13.1. The van der Waals surface area contributed by atoms with Gasteiger partial charge < -0.3 is 24.4 Å². The molecular formula is C20H26N4O4. The van der Waals surface area contributed by atoms with E-state index in [0.29, 0.717) is 23.7 Å². The van der Waals surface area contributed by atoms with Crippen LogP contribution in [0.1, 0.15) is 29.6 Å². The van der Waals surface area contributed by atoms with Gasteiger partial charge in [-0.15, -0.1) is 0 Å². The number of carbonyl (C=O) groups excluding carboxylic acids is 2. The summed E-state index contributed by atoms with van der Waals surface area (Å²) >= 11 is 0. The number of piperidine rings is 1. The highest BCUT2D eigenvalue weighted by molar-refractivity contribution is 6.00. The van der Waals surface area contributed by atoms with Crippen molar-refractivity contribution in [2.45, 2.75) is 19.3 Å². The highest BCUT2D eigenvalue weighted by Crippen LogP contribution is 2.19. The number of anilines is 1. The van der Waals surface area contributed by atoms with Crippen molar-refractivity contribution in [3.05, 3.63) is 42.2 Å². The molecule has 2 amide bonds. The standard InChI is InChI=1S/C20H26N4O4/c1-27-17-8-4-3-7-16(17)20(26)24(13-12-23-10-5-2-6-11-23)15-19(25)21-18-9-14-28-22-18/h3-4,7-9,14H,2,5-6,10-13,15H2,1H3,(H,21,22,25). The van der Waals surface area contributed by atoms with Crippen molar-refractivity contribution >= 4 is 17.6 Å². The number of aromatic nitrogens is 1. The summed E-state index contributed by atoms with van der Waals surface area (Å²) in [5, 5.41) is 6.32. The average Bonchev–Trinajstić information content (AvgIpc) is 3.24. The number of likely N-dealkylation sites (tertiary alicyclic amines) is 1. The Labute approximate surface area is 164 Å². The van der Waals surface area contributed by atoms with E-state index in [-0.39, 0.29) is 18.4 Å². The van der Waals surface area contributed by atoms with Crippen LogP contribution in [0.4, 0.5) is 5.82 Å². The summed E-state index contributed by atoms with van der Waals surface area (Å²) in [6, 6.07) is 8.60. The third kappa shape index (κ3) is 5.32. The zero-order valence-corrected chi connectivity index (χ0v) is 16.1. The third-order valence-corrected chi connectivity index (χ3v) is 4.80. The quantitative estimate of drug-likeness (QED) is 0.749. The Bertz CT molecular complexity index is 772. The minimum atomic E-state index is -0.323. The molecule has 1 aliphatic rings. The molecule has 0 aliphatic carbocycles. The number of benzene rings is 1. The zero-order valence-electron chi connectivity index (χ0n) is 16.1. The summed E-state index contributed by atoms with van der Waals surface area (Å²) in [4.78, 5) is 29.5. The fourth-order valence-electron chi connectivity index (χ4n) is 3.32. The van der Waals surface area contributed by atoms with Crippen LogP contribution in [0.15, 0.2) is 41.1 Å². The van der Waals surface area contributed by atoms with E-state index in [1.54, 1.807) is 29.2 Å². The zero-order chi connectivity index (χ0) is 19.8. The second-order valence-electron chi connectivity index (χ2n) is 6.76. The number of amides is 2. The van der Waals surface area contributed by atoms with Crippen molar-refractivity contribution in [2.75, 3.05) is 45.2 Å². The van der Waals surface area contributed by atoms with Crippen LogP contribution in [0.25, 0.3) is 0 Å². The van der Waals surface area contributed by atoms with Crippen molar-refractivity contribution < 1.29 is 18.8 Å². The van der Waals surface area contributed by atoms with Gasteiger partial charge in [-0.05, 0) is 38.1 Å². The van der Waals surface area contributed by atoms with E-state index in [0.717, 1.165) is 19.6 Å². The topological polar surface area (TPSA) is 87.9 Å². The Morgan fingerprint density at radius 1 is 1.21 bits per heavy atom. The van der Waals surface area contributed by atoms with E-state index >= 15 is 0 Å². The lowest BCUT2D eigenvalue weighted by molar-refractivity contribution is -0.117. The molecule has 3 rings (SSSR count). The second-order valence-corrected chi connectivity index (χ2v) is 6.76. The van der Waals surface area contributed by atoms with Gasteiger partial charge in [-0.25, -0.2) is 0 Å². The summed E-state index contributed by atoms with van der Waals surface area (Å²) in [5.41, 5.74) is 0.442. The molecule has 1 N–H and O–H groups in total. The molecule has 0 saturated carbocycles. The molecule has 1 aliphatic heterocycles. The number of hydrogen-bond acceptors (Lipinski definition) is 6. The predicted octanol–water partition coefficient (Wildman–Crippen LogP) is 2.25. The molecule has 1 saturated heterocycles. The van der Waals surface area contributed by atoms with Gasteiger partial charge in [0.05, 0.1) is 12.7 Å². The molecule has 0 radical (unpaired) electrons. The van der Waals surface area contributed by atoms with Gasteiger partial charge in [0, 0.05) is 19.2 Å². The van der Waals surface area contributed by atoms with Crippen LogP contribution >= 0.6 is 0 Å². The monoisotopic (exact) mass is 386 g/mol. The van der Waals surface area contributed by atoms with Crippen LogP contribution in [0, 0.1) is 0 Å². The summed E-state index contributed by atoms with van der Waals surface area (Å²) in [5.74, 6) is 0.263. The fraction of sp³-hybridized carbons (Fsp3) is 0.450. The van der Waals surface area contributed by atoms with Gasteiger partial charge in [-0.2, -0.15) is 0 Å². The van der Waals surface area contributed by atoms with Crippen molar-refractivity contribution in [1.82, 2.24) is 15.0 Å². The van der Waals surface area contributed by atoms with Crippen molar-refractivity contribution in [2.24, 2.45) is 0 Å². The number of ether oxygens (including phenoxy) is 1. The largest absolute Gasteiger partial charge is 0.496 e. The van der Waals surface area contributed by atoms with Crippen LogP contribution in [-0.2, 0) is 4.79 Å². The first kappa shape index (κ1) is 19.9. The molecule has 28 heavy (non-hydrogen) atoms. The van der Waals surface area contributed by atoms with Gasteiger partial charge in [0.1, 0.15) is 18.6 Å². The van der Waals surface area contributed by atoms with Gasteiger partial charge in [0.25, 0.3) is 5.91 Å². The van der Waals surface area contributed by atoms with Crippen LogP contribution in [-0.4, -0.2) is 66.6 Å². The van der Waals surface area contributed by atoms with Crippen LogP contribution in [0.3, 0.4) is 0 Å². The van der Waals surface area contributed by atoms with E-state index < -0.39 is 0 Å². The third-order valence-electron chi connectivity index (χ3n) is 4.80. The van der Waals surface area contributed by atoms with Crippen LogP contribution in [0.2, 0.25) is 0 Å². The summed E-state index contributed by atoms with van der Waals surface area (Å²) < 4.78 is 10.0. The molecule has 8 nitrogen and oxygen atoms in total. The molecule has 1 fully saturated rings. The normalized spacial score (nSPS) is 14.5. The molecule has 1 aromatic heterocycles. The lowest BCUT2D eigenvalue weighted by Gasteiger charge is -2.30. The lowest BCUT2D eigenvalue weighted by Crippen LogP contribution is -2.43. The number of nitrogens with zero attached hydrogens (tertiary/aromatic N) is 3. The van der Waals surface area contributed by atoms with Gasteiger partial charge in [-0.3, -0.25) is 9.59 Å². The first-order valence-electron chi connectivity index (χ1n) is 9.52. The predicted molar refractivity (Wildman–Crippen MR) is 104 cm³/mol. The second kappa shape index (κ2) is 9.89. The Hall–Kier alpha value is -2.87. The van der Waals surface area contributed by atoms with Gasteiger partial charge >= 0.3 is 0 Å². The van der Waals surface area contributed by atoms with Crippen LogP contribution in [0.5, 0.6) is 5.75 Å². The van der Waals surface area contributed by atoms with Gasteiger partial charge in [0.15, 0.2) is 5.82 Å². The SMILES string of the molecule is COc1ccccc1C(=O)N(CCN1CCCCC1)CC(=O)Nc1ccon1. The molecule has 0 bridgehead atoms. The van der Waals surface area contributed by atoms with Crippen molar-refractivity contribution in [3.63, 3.8) is 0 Å². The number of nitrogens with one attached hydrogen (secondary N) is 1. The number of hydrogen-bond donors (Lipinski definition) is 1. The number of methoxy groups -OCH3 is 1. The fourth-order valence-corrected chi connectivity index (χ4v) is 3.32. The van der Waals surface area contributed by atoms with E-state index in [1.807, 2.05) is 6.07 Å². The molecule has 0 spiro atoms. The van der Waals surface area contributed by atoms with Gasteiger partial charge in [-0.1, -0.05) is 23.7 Å². The minimum Gasteiger partial charge on any atom is -0.496 e.